The van der Waals surface area contributed by atoms with Gasteiger partial charge in [0, 0.05) is 31.2 Å². The van der Waals surface area contributed by atoms with E-state index in [-0.39, 0.29) is 23.1 Å². The maximum Gasteiger partial charge on any atom is 0.277 e. The van der Waals surface area contributed by atoms with E-state index < -0.39 is 0 Å². The molecule has 0 unspecified atom stereocenters. The first-order valence-corrected chi connectivity index (χ1v) is 12.5. The largest absolute Gasteiger partial charge is 0.411 e. The van der Waals surface area contributed by atoms with Gasteiger partial charge in [-0.15, -0.1) is 10.2 Å². The first-order chi connectivity index (χ1) is 15.9. The van der Waals surface area contributed by atoms with Crippen molar-refractivity contribution in [3.63, 3.8) is 0 Å². The van der Waals surface area contributed by atoms with Gasteiger partial charge in [0.2, 0.25) is 11.8 Å². The van der Waals surface area contributed by atoms with E-state index in [0.717, 1.165) is 38.0 Å². The lowest BCUT2D eigenvalue weighted by atomic mass is 9.87. The Kier molecular flexibility index (Phi) is 7.50. The molecule has 0 spiro atoms. The number of carbonyl (C=O) groups excluding carboxylic acids is 1. The second-order valence-corrected chi connectivity index (χ2v) is 10.5. The van der Waals surface area contributed by atoms with Crippen LogP contribution < -0.4 is 5.32 Å². The molecule has 33 heavy (non-hydrogen) atoms. The molecule has 174 valence electrons. The quantitative estimate of drug-likeness (QED) is 0.501. The number of hydrogen-bond donors (Lipinski definition) is 1. The minimum absolute atomic E-state index is 0.00999. The summed E-state index contributed by atoms with van der Waals surface area (Å²) in [6, 6.07) is 18.9. The van der Waals surface area contributed by atoms with Gasteiger partial charge in [0.05, 0.1) is 5.75 Å². The van der Waals surface area contributed by atoms with E-state index in [1.165, 1.54) is 22.9 Å². The highest BCUT2D eigenvalue weighted by Gasteiger charge is 2.21. The SMILES string of the molecule is CC(C)(C)c1ccc(-c2nnc(SCC(=O)NC3CCN(Cc4ccccc4)CC3)o2)cc1. The zero-order valence-corrected chi connectivity index (χ0v) is 20.4. The maximum atomic E-state index is 12.4. The molecule has 4 rings (SSSR count). The molecule has 1 amide bonds. The van der Waals surface area contributed by atoms with Crippen molar-refractivity contribution in [3.05, 3.63) is 65.7 Å². The molecule has 0 aliphatic carbocycles. The number of rotatable bonds is 7. The molecule has 1 N–H and O–H groups in total. The van der Waals surface area contributed by atoms with E-state index in [9.17, 15) is 4.79 Å². The predicted octanol–water partition coefficient (Wildman–Crippen LogP) is 4.91. The molecule has 1 aliphatic rings. The lowest BCUT2D eigenvalue weighted by molar-refractivity contribution is -0.119. The third-order valence-electron chi connectivity index (χ3n) is 5.93. The molecule has 1 aliphatic heterocycles. The number of nitrogens with one attached hydrogen (secondary N) is 1. The predicted molar refractivity (Wildman–Crippen MR) is 132 cm³/mol. The van der Waals surface area contributed by atoms with Crippen LogP contribution in [0, 0.1) is 0 Å². The highest BCUT2D eigenvalue weighted by Crippen LogP contribution is 2.27. The summed E-state index contributed by atoms with van der Waals surface area (Å²) >= 11 is 1.28. The van der Waals surface area contributed by atoms with Crippen LogP contribution in [-0.4, -0.2) is 45.9 Å². The van der Waals surface area contributed by atoms with Crippen molar-refractivity contribution in [2.75, 3.05) is 18.8 Å². The summed E-state index contributed by atoms with van der Waals surface area (Å²) in [5.74, 6) is 0.759. The van der Waals surface area contributed by atoms with E-state index in [1.54, 1.807) is 0 Å². The van der Waals surface area contributed by atoms with Crippen LogP contribution in [-0.2, 0) is 16.8 Å². The average molecular weight is 465 g/mol. The van der Waals surface area contributed by atoms with Gasteiger partial charge in [-0.1, -0.05) is 75.0 Å². The van der Waals surface area contributed by atoms with Crippen molar-refractivity contribution >= 4 is 17.7 Å². The van der Waals surface area contributed by atoms with E-state index in [0.29, 0.717) is 11.1 Å². The van der Waals surface area contributed by atoms with Gasteiger partial charge in [-0.25, -0.2) is 0 Å². The topological polar surface area (TPSA) is 71.3 Å². The molecule has 0 saturated carbocycles. The van der Waals surface area contributed by atoms with Crippen LogP contribution in [0.25, 0.3) is 11.5 Å². The van der Waals surface area contributed by atoms with Crippen molar-refractivity contribution in [3.8, 4) is 11.5 Å². The summed E-state index contributed by atoms with van der Waals surface area (Å²) in [7, 11) is 0. The highest BCUT2D eigenvalue weighted by molar-refractivity contribution is 7.99. The number of piperidine rings is 1. The molecule has 1 aromatic heterocycles. The van der Waals surface area contributed by atoms with Crippen molar-refractivity contribution in [1.82, 2.24) is 20.4 Å². The molecule has 0 radical (unpaired) electrons. The van der Waals surface area contributed by atoms with Gasteiger partial charge in [-0.05, 0) is 41.5 Å². The lowest BCUT2D eigenvalue weighted by Crippen LogP contribution is -2.44. The number of aromatic nitrogens is 2. The van der Waals surface area contributed by atoms with Gasteiger partial charge in [0.15, 0.2) is 0 Å². The van der Waals surface area contributed by atoms with E-state index in [1.807, 2.05) is 18.2 Å². The fourth-order valence-corrected chi connectivity index (χ4v) is 4.55. The molecule has 0 atom stereocenters. The van der Waals surface area contributed by atoms with Crippen molar-refractivity contribution in [2.45, 2.75) is 56.8 Å². The van der Waals surface area contributed by atoms with E-state index in [4.69, 9.17) is 4.42 Å². The average Bonchev–Trinajstić information content (AvgIpc) is 3.28. The summed E-state index contributed by atoms with van der Waals surface area (Å²) in [4.78, 5) is 14.9. The number of hydrogen-bond acceptors (Lipinski definition) is 6. The maximum absolute atomic E-state index is 12.4. The van der Waals surface area contributed by atoms with Crippen molar-refractivity contribution in [1.29, 1.82) is 0 Å². The number of amides is 1. The summed E-state index contributed by atoms with van der Waals surface area (Å²) in [6.07, 6.45) is 1.94. The van der Waals surface area contributed by atoms with Crippen molar-refractivity contribution in [2.24, 2.45) is 0 Å². The number of carbonyl (C=O) groups is 1. The monoisotopic (exact) mass is 464 g/mol. The zero-order chi connectivity index (χ0) is 23.3. The standard InChI is InChI=1S/C26H32N4O2S/c1-26(2,3)21-11-9-20(10-12-21)24-28-29-25(32-24)33-18-23(31)27-22-13-15-30(16-14-22)17-19-7-5-4-6-8-19/h4-12,22H,13-18H2,1-3H3,(H,27,31). The molecular weight excluding hydrogens is 432 g/mol. The minimum Gasteiger partial charge on any atom is -0.411 e. The van der Waals surface area contributed by atoms with Crippen LogP contribution in [0.15, 0.2) is 64.2 Å². The van der Waals surface area contributed by atoms with Gasteiger partial charge in [0.25, 0.3) is 5.22 Å². The Balaban J connectivity index is 1.20. The molecule has 2 heterocycles. The Labute approximate surface area is 200 Å². The molecular formula is C26H32N4O2S. The first kappa shape index (κ1) is 23.5. The fraction of sp³-hybridized carbons (Fsp3) is 0.423. The van der Waals surface area contributed by atoms with Crippen LogP contribution in [0.5, 0.6) is 0 Å². The Morgan fingerprint density at radius 1 is 1.06 bits per heavy atom. The molecule has 1 fully saturated rings. The van der Waals surface area contributed by atoms with Crippen LogP contribution in [0.1, 0.15) is 44.7 Å². The highest BCUT2D eigenvalue weighted by atomic mass is 32.2. The molecule has 7 heteroatoms. The Morgan fingerprint density at radius 3 is 2.42 bits per heavy atom. The van der Waals surface area contributed by atoms with Gasteiger partial charge in [0.1, 0.15) is 0 Å². The normalized spacial score (nSPS) is 15.5. The Morgan fingerprint density at radius 2 is 1.76 bits per heavy atom. The minimum atomic E-state index is 0.00999. The van der Waals surface area contributed by atoms with Crippen LogP contribution >= 0.6 is 11.8 Å². The zero-order valence-electron chi connectivity index (χ0n) is 19.6. The van der Waals surface area contributed by atoms with Gasteiger partial charge < -0.3 is 9.73 Å². The van der Waals surface area contributed by atoms with E-state index >= 15 is 0 Å². The third-order valence-corrected chi connectivity index (χ3v) is 6.75. The molecule has 3 aromatic rings. The summed E-state index contributed by atoms with van der Waals surface area (Å²) < 4.78 is 5.76. The number of benzene rings is 2. The lowest BCUT2D eigenvalue weighted by Gasteiger charge is -2.32. The van der Waals surface area contributed by atoms with Gasteiger partial charge in [-0.2, -0.15) is 0 Å². The molecule has 6 nitrogen and oxygen atoms in total. The van der Waals surface area contributed by atoms with Crippen LogP contribution in [0.2, 0.25) is 0 Å². The number of likely N-dealkylation sites (tertiary alicyclic amines) is 1. The molecule has 0 bridgehead atoms. The summed E-state index contributed by atoms with van der Waals surface area (Å²) in [6.45, 7) is 9.51. The van der Waals surface area contributed by atoms with Crippen molar-refractivity contribution < 1.29 is 9.21 Å². The Bertz CT molecular complexity index is 1040. The fourth-order valence-electron chi connectivity index (χ4n) is 3.97. The molecule has 2 aromatic carbocycles. The third kappa shape index (κ3) is 6.68. The van der Waals surface area contributed by atoms with Gasteiger partial charge in [-0.3, -0.25) is 9.69 Å². The number of thioether (sulfide) groups is 1. The number of nitrogens with zero attached hydrogens (tertiary/aromatic N) is 3. The van der Waals surface area contributed by atoms with Crippen LogP contribution in [0.3, 0.4) is 0 Å². The van der Waals surface area contributed by atoms with Gasteiger partial charge >= 0.3 is 0 Å². The van der Waals surface area contributed by atoms with E-state index in [2.05, 4.69) is 77.6 Å². The first-order valence-electron chi connectivity index (χ1n) is 11.5. The molecule has 1 saturated heterocycles. The Hall–Kier alpha value is -2.64. The second kappa shape index (κ2) is 10.5. The second-order valence-electron chi connectivity index (χ2n) is 9.59. The van der Waals surface area contributed by atoms with Crippen LogP contribution in [0.4, 0.5) is 0 Å². The summed E-state index contributed by atoms with van der Waals surface area (Å²) in [5, 5.41) is 11.8. The smallest absolute Gasteiger partial charge is 0.277 e. The summed E-state index contributed by atoms with van der Waals surface area (Å²) in [5.41, 5.74) is 3.57.